The zero-order valence-electron chi connectivity index (χ0n) is 10.6. The number of aromatic nitrogens is 4. The third-order valence-electron chi connectivity index (χ3n) is 2.70. The van der Waals surface area contributed by atoms with Gasteiger partial charge in [0.1, 0.15) is 5.15 Å². The predicted molar refractivity (Wildman–Crippen MR) is 78.1 cm³/mol. The number of benzene rings is 1. The average Bonchev–Trinajstić information content (AvgIpc) is 2.87. The lowest BCUT2D eigenvalue weighted by molar-refractivity contribution is 0.687. The van der Waals surface area contributed by atoms with Crippen LogP contribution in [0.15, 0.2) is 55.1 Å². The molecular weight excluding hydrogens is 274 g/mol. The van der Waals surface area contributed by atoms with Crippen molar-refractivity contribution in [3.8, 4) is 0 Å². The molecule has 0 unspecified atom stereocenters. The zero-order valence-corrected chi connectivity index (χ0v) is 11.3. The minimum Gasteiger partial charge on any atom is -0.336 e. The molecule has 100 valence electrons. The van der Waals surface area contributed by atoms with Crippen molar-refractivity contribution in [1.29, 1.82) is 0 Å². The number of rotatable bonds is 4. The quantitative estimate of drug-likeness (QED) is 0.800. The highest BCUT2D eigenvalue weighted by molar-refractivity contribution is 6.29. The van der Waals surface area contributed by atoms with Crippen LogP contribution in [0.5, 0.6) is 0 Å². The molecular formula is C14H12ClN5. The molecule has 0 bridgehead atoms. The lowest BCUT2D eigenvalue weighted by atomic mass is 10.2. The Balaban J connectivity index is 1.71. The first-order chi connectivity index (χ1) is 9.79. The molecule has 2 heterocycles. The molecule has 2 aromatic heterocycles. The predicted octanol–water partition coefficient (Wildman–Crippen LogP) is 3.12. The maximum atomic E-state index is 5.79. The number of hydrogen-bond acceptors (Lipinski definition) is 4. The fourth-order valence-electron chi connectivity index (χ4n) is 1.84. The Hall–Kier alpha value is -2.40. The summed E-state index contributed by atoms with van der Waals surface area (Å²) in [5.41, 5.74) is 2.04. The van der Waals surface area contributed by atoms with Crippen molar-refractivity contribution >= 4 is 23.1 Å². The smallest absolute Gasteiger partial charge is 0.150 e. The van der Waals surface area contributed by atoms with E-state index in [9.17, 15) is 0 Å². The Kier molecular flexibility index (Phi) is 3.60. The first-order valence-corrected chi connectivity index (χ1v) is 6.48. The summed E-state index contributed by atoms with van der Waals surface area (Å²) < 4.78 is 1.86. The third-order valence-corrected chi connectivity index (χ3v) is 2.88. The van der Waals surface area contributed by atoms with Gasteiger partial charge < -0.3 is 5.32 Å². The molecule has 1 aromatic carbocycles. The van der Waals surface area contributed by atoms with Gasteiger partial charge in [-0.15, -0.1) is 0 Å². The lowest BCUT2D eigenvalue weighted by Crippen LogP contribution is -1.99. The van der Waals surface area contributed by atoms with Crippen LogP contribution in [-0.2, 0) is 6.54 Å². The van der Waals surface area contributed by atoms with Crippen molar-refractivity contribution in [2.45, 2.75) is 6.54 Å². The molecule has 1 N–H and O–H groups in total. The van der Waals surface area contributed by atoms with Crippen LogP contribution in [0.4, 0.5) is 11.5 Å². The molecule has 0 amide bonds. The van der Waals surface area contributed by atoms with Crippen molar-refractivity contribution in [3.63, 3.8) is 0 Å². The maximum Gasteiger partial charge on any atom is 0.150 e. The van der Waals surface area contributed by atoms with E-state index in [-0.39, 0.29) is 0 Å². The fraction of sp³-hybridized carbons (Fsp3) is 0.0714. The number of halogens is 1. The van der Waals surface area contributed by atoms with E-state index in [1.165, 1.54) is 11.8 Å². The van der Waals surface area contributed by atoms with E-state index in [0.29, 0.717) is 11.0 Å². The first kappa shape index (κ1) is 12.6. The number of hydrogen-bond donors (Lipinski definition) is 1. The van der Waals surface area contributed by atoms with Crippen molar-refractivity contribution in [2.75, 3.05) is 5.32 Å². The summed E-state index contributed by atoms with van der Waals surface area (Å²) in [7, 11) is 0. The van der Waals surface area contributed by atoms with Gasteiger partial charge in [0, 0.05) is 6.20 Å². The molecule has 0 aliphatic carbocycles. The molecule has 6 heteroatoms. The summed E-state index contributed by atoms with van der Waals surface area (Å²) in [4.78, 5) is 8.09. The summed E-state index contributed by atoms with van der Waals surface area (Å²) in [6, 6.07) is 10.2. The van der Waals surface area contributed by atoms with Crippen molar-refractivity contribution in [1.82, 2.24) is 19.7 Å². The second kappa shape index (κ2) is 5.71. The van der Waals surface area contributed by atoms with Gasteiger partial charge in [-0.3, -0.25) is 9.67 Å². The monoisotopic (exact) mass is 285 g/mol. The molecule has 0 spiro atoms. The Morgan fingerprint density at radius 2 is 1.95 bits per heavy atom. The number of nitrogens with one attached hydrogen (secondary N) is 1. The van der Waals surface area contributed by atoms with Gasteiger partial charge in [-0.2, -0.15) is 5.10 Å². The molecule has 3 rings (SSSR count). The first-order valence-electron chi connectivity index (χ1n) is 6.10. The van der Waals surface area contributed by atoms with E-state index in [1.807, 2.05) is 29.1 Å². The summed E-state index contributed by atoms with van der Waals surface area (Å²) in [6.07, 6.45) is 6.76. The van der Waals surface area contributed by atoms with Crippen molar-refractivity contribution in [3.05, 3.63) is 65.8 Å². The summed E-state index contributed by atoms with van der Waals surface area (Å²) in [6.45, 7) is 0.726. The Bertz CT molecular complexity index is 696. The molecule has 0 aliphatic rings. The average molecular weight is 286 g/mol. The molecule has 0 saturated carbocycles. The van der Waals surface area contributed by atoms with Gasteiger partial charge in [0.05, 0.1) is 30.8 Å². The minimum atomic E-state index is 0.353. The Morgan fingerprint density at radius 3 is 2.75 bits per heavy atom. The fourth-order valence-corrected chi connectivity index (χ4v) is 1.98. The van der Waals surface area contributed by atoms with Crippen molar-refractivity contribution in [2.24, 2.45) is 0 Å². The standard InChI is InChI=1S/C14H12ClN5/c15-13-7-16-8-14(19-13)18-12-6-17-20(10-12)9-11-4-2-1-3-5-11/h1-8,10H,9H2,(H,18,19). The Labute approximate surface area is 121 Å². The van der Waals surface area contributed by atoms with Gasteiger partial charge in [-0.1, -0.05) is 41.9 Å². The molecule has 3 aromatic rings. The molecule has 0 saturated heterocycles. The highest BCUT2D eigenvalue weighted by Gasteiger charge is 2.02. The summed E-state index contributed by atoms with van der Waals surface area (Å²) >= 11 is 5.79. The molecule has 20 heavy (non-hydrogen) atoms. The molecule has 0 fully saturated rings. The van der Waals surface area contributed by atoms with Gasteiger partial charge >= 0.3 is 0 Å². The number of anilines is 2. The van der Waals surface area contributed by atoms with Gasteiger partial charge in [0.25, 0.3) is 0 Å². The SMILES string of the molecule is Clc1cncc(Nc2cnn(Cc3ccccc3)c2)n1. The summed E-state index contributed by atoms with van der Waals surface area (Å²) in [5.74, 6) is 0.594. The molecule has 0 atom stereocenters. The topological polar surface area (TPSA) is 55.6 Å². The normalized spacial score (nSPS) is 10.4. The van der Waals surface area contributed by atoms with Gasteiger partial charge in [0.2, 0.25) is 0 Å². The van der Waals surface area contributed by atoms with Crippen LogP contribution < -0.4 is 5.32 Å². The third kappa shape index (κ3) is 3.13. The highest BCUT2D eigenvalue weighted by Crippen LogP contribution is 2.15. The minimum absolute atomic E-state index is 0.353. The van der Waals surface area contributed by atoms with E-state index >= 15 is 0 Å². The maximum absolute atomic E-state index is 5.79. The largest absolute Gasteiger partial charge is 0.336 e. The zero-order chi connectivity index (χ0) is 13.8. The molecule has 0 aliphatic heterocycles. The molecule has 0 radical (unpaired) electrons. The van der Waals surface area contributed by atoms with Gasteiger partial charge in [-0.25, -0.2) is 4.98 Å². The van der Waals surface area contributed by atoms with Gasteiger partial charge in [0.15, 0.2) is 5.82 Å². The van der Waals surface area contributed by atoms with E-state index in [2.05, 4.69) is 32.5 Å². The highest BCUT2D eigenvalue weighted by atomic mass is 35.5. The van der Waals surface area contributed by atoms with Crippen LogP contribution in [-0.4, -0.2) is 19.7 Å². The Morgan fingerprint density at radius 1 is 1.10 bits per heavy atom. The van der Waals surface area contributed by atoms with Crippen LogP contribution in [0, 0.1) is 0 Å². The van der Waals surface area contributed by atoms with Crippen LogP contribution in [0.1, 0.15) is 5.56 Å². The second-order valence-electron chi connectivity index (χ2n) is 4.26. The molecule has 5 nitrogen and oxygen atoms in total. The summed E-state index contributed by atoms with van der Waals surface area (Å²) in [5, 5.41) is 7.77. The van der Waals surface area contributed by atoms with Crippen molar-refractivity contribution < 1.29 is 0 Å². The second-order valence-corrected chi connectivity index (χ2v) is 4.65. The van der Waals surface area contributed by atoms with Crippen LogP contribution in [0.25, 0.3) is 0 Å². The van der Waals surface area contributed by atoms with E-state index in [0.717, 1.165) is 12.2 Å². The van der Waals surface area contributed by atoms with Gasteiger partial charge in [-0.05, 0) is 5.56 Å². The van der Waals surface area contributed by atoms with Crippen LogP contribution in [0.2, 0.25) is 5.15 Å². The van der Waals surface area contributed by atoms with E-state index in [4.69, 9.17) is 11.6 Å². The van der Waals surface area contributed by atoms with Crippen LogP contribution >= 0.6 is 11.6 Å². The number of nitrogens with zero attached hydrogens (tertiary/aromatic N) is 4. The lowest BCUT2D eigenvalue weighted by Gasteiger charge is -2.02. The van der Waals surface area contributed by atoms with E-state index in [1.54, 1.807) is 12.4 Å². The van der Waals surface area contributed by atoms with E-state index < -0.39 is 0 Å². The van der Waals surface area contributed by atoms with Crippen LogP contribution in [0.3, 0.4) is 0 Å².